The Morgan fingerprint density at radius 3 is 2.90 bits per heavy atom. The van der Waals surface area contributed by atoms with Gasteiger partial charge < -0.3 is 9.52 Å². The first kappa shape index (κ1) is 19.4. The zero-order valence-electron chi connectivity index (χ0n) is 16.7. The number of thiophene rings is 1. The molecule has 0 spiro atoms. The van der Waals surface area contributed by atoms with Crippen LogP contribution in [0.3, 0.4) is 0 Å². The van der Waals surface area contributed by atoms with E-state index in [1.54, 1.807) is 42.0 Å². The lowest BCUT2D eigenvalue weighted by Gasteiger charge is -2.11. The van der Waals surface area contributed by atoms with Crippen molar-refractivity contribution in [1.29, 1.82) is 0 Å². The molecule has 0 saturated heterocycles. The van der Waals surface area contributed by atoms with E-state index >= 15 is 0 Å². The van der Waals surface area contributed by atoms with Crippen LogP contribution in [0.15, 0.2) is 37.4 Å². The molecule has 0 fully saturated rings. The zero-order chi connectivity index (χ0) is 21.0. The first-order valence-corrected chi connectivity index (χ1v) is 11.6. The third-order valence-electron chi connectivity index (χ3n) is 5.73. The second-order valence-corrected chi connectivity index (χ2v) is 9.64. The Hall–Kier alpha value is -2.58. The molecule has 0 unspecified atom stereocenters. The van der Waals surface area contributed by atoms with Gasteiger partial charge >= 0.3 is 5.63 Å². The van der Waals surface area contributed by atoms with Gasteiger partial charge in [0.2, 0.25) is 0 Å². The Morgan fingerprint density at radius 1 is 1.27 bits per heavy atom. The second kappa shape index (κ2) is 7.28. The summed E-state index contributed by atoms with van der Waals surface area (Å²) in [6, 6.07) is 4.81. The topological polar surface area (TPSA) is 85.3 Å². The van der Waals surface area contributed by atoms with Gasteiger partial charge in [0.15, 0.2) is 5.16 Å². The monoisotopic (exact) mass is 440 g/mol. The van der Waals surface area contributed by atoms with Crippen LogP contribution in [0.25, 0.3) is 21.2 Å². The summed E-state index contributed by atoms with van der Waals surface area (Å²) >= 11 is 3.06. The van der Waals surface area contributed by atoms with Gasteiger partial charge in [-0.05, 0) is 55.9 Å². The summed E-state index contributed by atoms with van der Waals surface area (Å²) in [5, 5.41) is 12.1. The number of fused-ring (bicyclic) bond motifs is 4. The van der Waals surface area contributed by atoms with E-state index in [1.807, 2.05) is 0 Å². The van der Waals surface area contributed by atoms with Crippen LogP contribution in [0.4, 0.5) is 0 Å². The molecule has 4 aromatic rings. The molecule has 0 radical (unpaired) electrons. The molecular formula is C22H20N2O4S2. The number of rotatable bonds is 3. The minimum atomic E-state index is -0.463. The number of phenolic OH excluding ortho intramolecular Hbond substituents is 1. The first-order valence-electron chi connectivity index (χ1n) is 9.83. The fourth-order valence-corrected chi connectivity index (χ4v) is 6.34. The van der Waals surface area contributed by atoms with Crippen molar-refractivity contribution in [2.24, 2.45) is 7.05 Å². The predicted octanol–water partition coefficient (Wildman–Crippen LogP) is 4.29. The number of thioether (sulfide) groups is 1. The SMILES string of the molecule is Cc1c(O)ccc2c(CSc3nc4sc5c(c4c(=O)n3C)CCCC5)cc(=O)oc12. The van der Waals surface area contributed by atoms with Crippen molar-refractivity contribution in [2.45, 2.75) is 43.5 Å². The maximum Gasteiger partial charge on any atom is 0.336 e. The molecule has 1 N–H and O–H groups in total. The van der Waals surface area contributed by atoms with Gasteiger partial charge in [0.1, 0.15) is 16.2 Å². The van der Waals surface area contributed by atoms with Crippen LogP contribution < -0.4 is 11.2 Å². The quantitative estimate of drug-likeness (QED) is 0.291. The molecule has 1 aromatic carbocycles. The van der Waals surface area contributed by atoms with E-state index < -0.39 is 5.63 Å². The summed E-state index contributed by atoms with van der Waals surface area (Å²) < 4.78 is 6.93. The third-order valence-corrected chi connectivity index (χ3v) is 7.99. The highest BCUT2D eigenvalue weighted by Gasteiger charge is 2.21. The van der Waals surface area contributed by atoms with Crippen LogP contribution in [0.5, 0.6) is 5.75 Å². The Bertz CT molecular complexity index is 1430. The van der Waals surface area contributed by atoms with Crippen molar-refractivity contribution in [2.75, 3.05) is 0 Å². The van der Waals surface area contributed by atoms with E-state index in [0.29, 0.717) is 22.1 Å². The molecule has 1 aliphatic carbocycles. The van der Waals surface area contributed by atoms with Crippen LogP contribution in [0, 0.1) is 6.92 Å². The smallest absolute Gasteiger partial charge is 0.336 e. The molecule has 5 rings (SSSR count). The van der Waals surface area contributed by atoms with E-state index in [9.17, 15) is 14.7 Å². The van der Waals surface area contributed by atoms with Gasteiger partial charge in [0.05, 0.1) is 5.39 Å². The maximum atomic E-state index is 13.1. The second-order valence-electron chi connectivity index (χ2n) is 7.62. The van der Waals surface area contributed by atoms with Gasteiger partial charge in [-0.3, -0.25) is 9.36 Å². The number of phenols is 1. The fourth-order valence-electron chi connectivity index (χ4n) is 4.07. The summed E-state index contributed by atoms with van der Waals surface area (Å²) in [5.74, 6) is 0.551. The van der Waals surface area contributed by atoms with Crippen LogP contribution in [0.2, 0.25) is 0 Å². The van der Waals surface area contributed by atoms with Gasteiger partial charge in [-0.1, -0.05) is 11.8 Å². The fraction of sp³-hybridized carbons (Fsp3) is 0.318. The lowest BCUT2D eigenvalue weighted by Crippen LogP contribution is -2.20. The lowest BCUT2D eigenvalue weighted by atomic mass is 9.97. The van der Waals surface area contributed by atoms with Gasteiger partial charge in [0.25, 0.3) is 5.56 Å². The minimum absolute atomic E-state index is 0.0000929. The molecule has 8 heteroatoms. The standard InChI is InChI=1S/C22H20N2O4S2/c1-11-15(25)8-7-13-12(9-17(26)28-19(11)13)10-29-22-23-20-18(21(27)24(22)2)14-5-3-4-6-16(14)30-20/h7-9,25H,3-6,10H2,1-2H3. The average molecular weight is 441 g/mol. The zero-order valence-corrected chi connectivity index (χ0v) is 18.3. The third kappa shape index (κ3) is 3.06. The van der Waals surface area contributed by atoms with Crippen LogP contribution in [0.1, 0.15) is 34.4 Å². The lowest BCUT2D eigenvalue weighted by molar-refractivity contribution is 0.468. The number of aryl methyl sites for hydroxylation is 3. The Labute approximate surface area is 180 Å². The normalized spacial score (nSPS) is 13.8. The summed E-state index contributed by atoms with van der Waals surface area (Å²) in [6.07, 6.45) is 4.27. The molecule has 0 bridgehead atoms. The maximum absolute atomic E-state index is 13.1. The first-order chi connectivity index (χ1) is 14.4. The minimum Gasteiger partial charge on any atom is -0.508 e. The number of hydrogen-bond acceptors (Lipinski definition) is 7. The molecule has 0 aliphatic heterocycles. The van der Waals surface area contributed by atoms with Crippen molar-refractivity contribution >= 4 is 44.3 Å². The molecule has 3 heterocycles. The predicted molar refractivity (Wildman–Crippen MR) is 120 cm³/mol. The highest BCUT2D eigenvalue weighted by Crippen LogP contribution is 2.35. The Kier molecular flexibility index (Phi) is 4.71. The molecule has 0 amide bonds. The van der Waals surface area contributed by atoms with Crippen LogP contribution >= 0.6 is 23.1 Å². The molecule has 6 nitrogen and oxygen atoms in total. The van der Waals surface area contributed by atoms with Crippen molar-refractivity contribution in [3.8, 4) is 5.75 Å². The van der Waals surface area contributed by atoms with E-state index in [-0.39, 0.29) is 11.3 Å². The van der Waals surface area contributed by atoms with E-state index in [4.69, 9.17) is 9.40 Å². The van der Waals surface area contributed by atoms with Gasteiger partial charge in [-0.25, -0.2) is 9.78 Å². The van der Waals surface area contributed by atoms with E-state index in [1.165, 1.54) is 34.7 Å². The van der Waals surface area contributed by atoms with Crippen LogP contribution in [-0.4, -0.2) is 14.7 Å². The highest BCUT2D eigenvalue weighted by atomic mass is 32.2. The number of aromatic nitrogens is 2. The van der Waals surface area contributed by atoms with E-state index in [0.717, 1.165) is 40.4 Å². The van der Waals surface area contributed by atoms with Gasteiger partial charge in [-0.15, -0.1) is 11.3 Å². The number of aromatic hydroxyl groups is 1. The molecule has 0 saturated carbocycles. The Morgan fingerprint density at radius 2 is 2.07 bits per heavy atom. The summed E-state index contributed by atoms with van der Waals surface area (Å²) in [6.45, 7) is 1.72. The van der Waals surface area contributed by atoms with Crippen LogP contribution in [-0.2, 0) is 25.6 Å². The van der Waals surface area contributed by atoms with Crippen molar-refractivity contribution in [3.05, 3.63) is 60.5 Å². The van der Waals surface area contributed by atoms with Crippen molar-refractivity contribution in [1.82, 2.24) is 9.55 Å². The molecule has 154 valence electrons. The number of hydrogen-bond donors (Lipinski definition) is 1. The largest absolute Gasteiger partial charge is 0.508 e. The summed E-state index contributed by atoms with van der Waals surface area (Å²) in [7, 11) is 1.75. The molecule has 3 aromatic heterocycles. The van der Waals surface area contributed by atoms with Crippen molar-refractivity contribution in [3.63, 3.8) is 0 Å². The molecule has 30 heavy (non-hydrogen) atoms. The Balaban J connectivity index is 1.56. The average Bonchev–Trinajstić information content (AvgIpc) is 3.11. The molecule has 1 aliphatic rings. The number of benzene rings is 1. The molecular weight excluding hydrogens is 420 g/mol. The highest BCUT2D eigenvalue weighted by molar-refractivity contribution is 7.98. The summed E-state index contributed by atoms with van der Waals surface area (Å²) in [5.41, 5.74) is 2.44. The van der Waals surface area contributed by atoms with Gasteiger partial charge in [0, 0.05) is 34.7 Å². The van der Waals surface area contributed by atoms with Gasteiger partial charge in [-0.2, -0.15) is 0 Å². The summed E-state index contributed by atoms with van der Waals surface area (Å²) in [4.78, 5) is 32.0. The number of nitrogens with zero attached hydrogens (tertiary/aromatic N) is 2. The van der Waals surface area contributed by atoms with E-state index in [2.05, 4.69) is 0 Å². The van der Waals surface area contributed by atoms with Crippen molar-refractivity contribution < 1.29 is 9.52 Å². The molecule has 0 atom stereocenters.